The molecule has 0 amide bonds. The van der Waals surface area contributed by atoms with Crippen molar-refractivity contribution in [1.82, 2.24) is 14.1 Å². The molecule has 0 saturated heterocycles. The zero-order valence-corrected chi connectivity index (χ0v) is 18.2. The van der Waals surface area contributed by atoms with Gasteiger partial charge in [-0.25, -0.2) is 9.98 Å². The van der Waals surface area contributed by atoms with Crippen LogP contribution >= 0.6 is 38.9 Å². The van der Waals surface area contributed by atoms with Crippen LogP contribution in [0.3, 0.4) is 0 Å². The fourth-order valence-corrected chi connectivity index (χ4v) is 4.54. The van der Waals surface area contributed by atoms with Crippen molar-refractivity contribution >= 4 is 44.6 Å². The number of imidazole rings is 1. The number of hydrogen-bond acceptors (Lipinski definition) is 3. The summed E-state index contributed by atoms with van der Waals surface area (Å²) in [4.78, 5) is 9.95. The topological polar surface area (TPSA) is 35.1 Å². The van der Waals surface area contributed by atoms with E-state index in [0.717, 1.165) is 40.2 Å². The fourth-order valence-electron chi connectivity index (χ4n) is 2.98. The van der Waals surface area contributed by atoms with Crippen LogP contribution in [0.15, 0.2) is 82.1 Å². The number of rotatable bonds is 6. The van der Waals surface area contributed by atoms with E-state index in [2.05, 4.69) is 53.6 Å². The lowest BCUT2D eigenvalue weighted by Crippen LogP contribution is -2.17. The highest BCUT2D eigenvalue weighted by atomic mass is 79.9. The largest absolute Gasteiger partial charge is 0.337 e. The number of aromatic nitrogens is 3. The Kier molecular flexibility index (Phi) is 6.10. The fraction of sp³-hybridized carbons (Fsp3) is 0.143. The molecule has 2 aromatic heterocycles. The molecule has 0 aliphatic heterocycles. The molecule has 0 atom stereocenters. The molecule has 2 heterocycles. The number of thiazole rings is 1. The number of hydrogen-bond donors (Lipinski definition) is 0. The highest BCUT2D eigenvalue weighted by Gasteiger charge is 2.11. The average Bonchev–Trinajstić information content (AvgIpc) is 3.35. The van der Waals surface area contributed by atoms with Gasteiger partial charge in [0.05, 0.1) is 17.7 Å². The zero-order valence-electron chi connectivity index (χ0n) is 15.0. The second-order valence-electron chi connectivity index (χ2n) is 6.28. The van der Waals surface area contributed by atoms with Crippen molar-refractivity contribution in [3.05, 3.63) is 86.9 Å². The van der Waals surface area contributed by atoms with Crippen molar-refractivity contribution in [2.45, 2.75) is 19.5 Å². The summed E-state index contributed by atoms with van der Waals surface area (Å²) in [7, 11) is 0. The van der Waals surface area contributed by atoms with E-state index in [1.54, 1.807) is 11.3 Å². The molecule has 7 heteroatoms. The van der Waals surface area contributed by atoms with Crippen molar-refractivity contribution in [3.8, 4) is 11.3 Å². The Labute approximate surface area is 180 Å². The van der Waals surface area contributed by atoms with Crippen LogP contribution in [0.1, 0.15) is 6.42 Å². The minimum absolute atomic E-state index is 0.715. The van der Waals surface area contributed by atoms with Gasteiger partial charge in [-0.3, -0.25) is 0 Å². The molecule has 28 heavy (non-hydrogen) atoms. The van der Waals surface area contributed by atoms with Crippen molar-refractivity contribution in [2.24, 2.45) is 4.99 Å². The van der Waals surface area contributed by atoms with Crippen molar-refractivity contribution in [3.63, 3.8) is 0 Å². The Morgan fingerprint density at radius 3 is 2.64 bits per heavy atom. The van der Waals surface area contributed by atoms with E-state index in [1.165, 1.54) is 5.56 Å². The van der Waals surface area contributed by atoms with Gasteiger partial charge in [-0.1, -0.05) is 45.7 Å². The lowest BCUT2D eigenvalue weighted by Gasteiger charge is -2.11. The Hall–Kier alpha value is -2.15. The van der Waals surface area contributed by atoms with Crippen LogP contribution in [0, 0.1) is 0 Å². The summed E-state index contributed by atoms with van der Waals surface area (Å²) in [5.74, 6) is 0. The highest BCUT2D eigenvalue weighted by molar-refractivity contribution is 9.10. The van der Waals surface area contributed by atoms with E-state index in [0.29, 0.717) is 5.02 Å². The minimum Gasteiger partial charge on any atom is -0.337 e. The predicted octanol–water partition coefficient (Wildman–Crippen LogP) is 6.15. The highest BCUT2D eigenvalue weighted by Crippen LogP contribution is 2.29. The molecule has 2 aromatic carbocycles. The van der Waals surface area contributed by atoms with Gasteiger partial charge in [0, 0.05) is 45.9 Å². The SMILES string of the molecule is Clc1ccc(N=c2scc(-c3ccccc3Br)n2CCCn2ccnc2)cc1. The van der Waals surface area contributed by atoms with Gasteiger partial charge < -0.3 is 9.13 Å². The number of aryl methyl sites for hydroxylation is 1. The molecule has 4 nitrogen and oxygen atoms in total. The molecule has 0 bridgehead atoms. The minimum atomic E-state index is 0.715. The molecule has 4 aromatic rings. The second kappa shape index (κ2) is 8.90. The lowest BCUT2D eigenvalue weighted by atomic mass is 10.2. The van der Waals surface area contributed by atoms with Crippen molar-refractivity contribution in [1.29, 1.82) is 0 Å². The van der Waals surface area contributed by atoms with Crippen molar-refractivity contribution < 1.29 is 0 Å². The van der Waals surface area contributed by atoms with Gasteiger partial charge in [0.1, 0.15) is 0 Å². The molecule has 0 saturated carbocycles. The summed E-state index contributed by atoms with van der Waals surface area (Å²) < 4.78 is 5.46. The molecular weight excluding hydrogens is 456 g/mol. The predicted molar refractivity (Wildman–Crippen MR) is 119 cm³/mol. The van der Waals surface area contributed by atoms with Gasteiger partial charge >= 0.3 is 0 Å². The van der Waals surface area contributed by atoms with Crippen LogP contribution < -0.4 is 4.80 Å². The van der Waals surface area contributed by atoms with Crippen molar-refractivity contribution in [2.75, 3.05) is 0 Å². The first kappa shape index (κ1) is 19.2. The van der Waals surface area contributed by atoms with Gasteiger partial charge in [-0.15, -0.1) is 11.3 Å². The number of halogens is 2. The molecule has 4 rings (SSSR count). The standard InChI is InChI=1S/C21H18BrClN4S/c22-19-5-2-1-4-18(19)20-14-28-21(25-17-8-6-16(23)7-9-17)27(20)12-3-11-26-13-10-24-15-26/h1-2,4-10,13-15H,3,11-12H2. The molecular formula is C21H18BrClN4S. The third-order valence-electron chi connectivity index (χ3n) is 4.36. The third-order valence-corrected chi connectivity index (χ3v) is 6.16. The van der Waals surface area contributed by atoms with Gasteiger partial charge in [0.25, 0.3) is 0 Å². The molecule has 0 N–H and O–H groups in total. The third kappa shape index (κ3) is 4.46. The van der Waals surface area contributed by atoms with Gasteiger partial charge in [0.2, 0.25) is 0 Å². The molecule has 0 fully saturated rings. The van der Waals surface area contributed by atoms with Gasteiger partial charge in [0.15, 0.2) is 4.80 Å². The molecule has 142 valence electrons. The summed E-state index contributed by atoms with van der Waals surface area (Å²) in [5.41, 5.74) is 3.23. The monoisotopic (exact) mass is 472 g/mol. The Morgan fingerprint density at radius 2 is 1.89 bits per heavy atom. The van der Waals surface area contributed by atoms with E-state index in [-0.39, 0.29) is 0 Å². The first-order chi connectivity index (χ1) is 13.7. The molecule has 0 aliphatic rings. The maximum Gasteiger partial charge on any atom is 0.190 e. The van der Waals surface area contributed by atoms with Gasteiger partial charge in [-0.05, 0) is 36.8 Å². The second-order valence-corrected chi connectivity index (χ2v) is 8.40. The normalized spacial score (nSPS) is 11.9. The van der Waals surface area contributed by atoms with E-state index in [9.17, 15) is 0 Å². The van der Waals surface area contributed by atoms with E-state index >= 15 is 0 Å². The van der Waals surface area contributed by atoms with Crippen LogP contribution in [0.25, 0.3) is 11.3 Å². The summed E-state index contributed by atoms with van der Waals surface area (Å²) in [6.07, 6.45) is 6.64. The van der Waals surface area contributed by atoms with Crippen LogP contribution in [0.4, 0.5) is 5.69 Å². The summed E-state index contributed by atoms with van der Waals surface area (Å²) in [6, 6.07) is 15.9. The van der Waals surface area contributed by atoms with Crippen LogP contribution in [-0.2, 0) is 13.1 Å². The molecule has 0 spiro atoms. The molecule has 0 unspecified atom stereocenters. The van der Waals surface area contributed by atoms with Gasteiger partial charge in [-0.2, -0.15) is 0 Å². The summed E-state index contributed by atoms with van der Waals surface area (Å²) in [5, 5.41) is 2.89. The number of nitrogens with zero attached hydrogens (tertiary/aromatic N) is 4. The Balaban J connectivity index is 1.71. The van der Waals surface area contributed by atoms with E-state index in [4.69, 9.17) is 16.6 Å². The average molecular weight is 474 g/mol. The first-order valence-electron chi connectivity index (χ1n) is 8.90. The van der Waals surface area contributed by atoms with E-state index < -0.39 is 0 Å². The molecule has 0 radical (unpaired) electrons. The van der Waals surface area contributed by atoms with E-state index in [1.807, 2.05) is 49.1 Å². The molecule has 0 aliphatic carbocycles. The quantitative estimate of drug-likeness (QED) is 0.331. The number of benzene rings is 2. The van der Waals surface area contributed by atoms with Crippen LogP contribution in [0.2, 0.25) is 5.02 Å². The zero-order chi connectivity index (χ0) is 19.3. The lowest BCUT2D eigenvalue weighted by molar-refractivity contribution is 0.559. The Morgan fingerprint density at radius 1 is 1.07 bits per heavy atom. The maximum absolute atomic E-state index is 6.01. The summed E-state index contributed by atoms with van der Waals surface area (Å²) in [6.45, 7) is 1.78. The van der Waals surface area contributed by atoms with Crippen LogP contribution in [-0.4, -0.2) is 14.1 Å². The smallest absolute Gasteiger partial charge is 0.190 e. The first-order valence-corrected chi connectivity index (χ1v) is 10.9. The summed E-state index contributed by atoms with van der Waals surface area (Å²) >= 11 is 11.3. The Bertz CT molecular complexity index is 1110. The maximum atomic E-state index is 6.01. The van der Waals surface area contributed by atoms with Crippen LogP contribution in [0.5, 0.6) is 0 Å².